The number of hydrogen-bond acceptors (Lipinski definition) is 3. The largest absolute Gasteiger partial charge is 0.374 e. The van der Waals surface area contributed by atoms with Crippen molar-refractivity contribution in [3.63, 3.8) is 0 Å². The minimum atomic E-state index is 0.499. The maximum Gasteiger partial charge on any atom is 0.194 e. The van der Waals surface area contributed by atoms with Gasteiger partial charge in [-0.3, -0.25) is 0 Å². The van der Waals surface area contributed by atoms with Gasteiger partial charge in [-0.25, -0.2) is 4.99 Å². The van der Waals surface area contributed by atoms with Gasteiger partial charge in [0.2, 0.25) is 0 Å². The summed E-state index contributed by atoms with van der Waals surface area (Å²) in [7, 11) is 0. The molecule has 0 amide bonds. The van der Waals surface area contributed by atoms with Crippen molar-refractivity contribution in [2.75, 3.05) is 37.6 Å². The Labute approximate surface area is 162 Å². The first-order valence-corrected chi connectivity index (χ1v) is 10.5. The Kier molecular flexibility index (Phi) is 4.56. The highest BCUT2D eigenvalue weighted by Crippen LogP contribution is 2.47. The second-order valence-electron chi connectivity index (χ2n) is 8.24. The number of fused-ring (bicyclic) bond motifs is 5. The number of hydrogen-bond donors (Lipinski definition) is 1. The van der Waals surface area contributed by atoms with Crippen molar-refractivity contribution in [2.45, 2.75) is 38.5 Å². The van der Waals surface area contributed by atoms with Gasteiger partial charge in [-0.1, -0.05) is 24.3 Å². The van der Waals surface area contributed by atoms with Crippen molar-refractivity contribution < 1.29 is 4.74 Å². The van der Waals surface area contributed by atoms with E-state index in [1.165, 1.54) is 24.1 Å². The zero-order valence-electron chi connectivity index (χ0n) is 16.2. The number of ether oxygens (including phenoxy) is 1. The predicted octanol–water partition coefficient (Wildman–Crippen LogP) is 2.64. The molecule has 2 bridgehead atoms. The summed E-state index contributed by atoms with van der Waals surface area (Å²) in [4.78, 5) is 9.85. The van der Waals surface area contributed by atoms with E-state index >= 15 is 0 Å². The average Bonchev–Trinajstić information content (AvgIpc) is 3.47. The van der Waals surface area contributed by atoms with Crippen LogP contribution in [0.5, 0.6) is 0 Å². The Morgan fingerprint density at radius 1 is 1.15 bits per heavy atom. The van der Waals surface area contributed by atoms with Crippen molar-refractivity contribution in [3.05, 3.63) is 42.0 Å². The SMILES string of the molecule is CCNC(=NCc1cccc(N2CC=CC2)c1)N1CC2C3CCC(O3)C2C1. The van der Waals surface area contributed by atoms with E-state index in [2.05, 4.69) is 58.5 Å². The molecule has 3 fully saturated rings. The summed E-state index contributed by atoms with van der Waals surface area (Å²) in [6.07, 6.45) is 7.97. The van der Waals surface area contributed by atoms with Crippen LogP contribution in [0.15, 0.2) is 41.4 Å². The number of aliphatic imine (C=N–C) groups is 1. The normalized spacial score (nSPS) is 31.8. The molecule has 5 heteroatoms. The van der Waals surface area contributed by atoms with Crippen molar-refractivity contribution in [2.24, 2.45) is 16.8 Å². The molecule has 0 aliphatic carbocycles. The van der Waals surface area contributed by atoms with Crippen LogP contribution in [0.25, 0.3) is 0 Å². The molecule has 0 aromatic heterocycles. The molecule has 5 nitrogen and oxygen atoms in total. The van der Waals surface area contributed by atoms with Crippen molar-refractivity contribution in [1.29, 1.82) is 0 Å². The zero-order valence-corrected chi connectivity index (χ0v) is 16.2. The van der Waals surface area contributed by atoms with Crippen LogP contribution in [-0.4, -0.2) is 55.8 Å². The topological polar surface area (TPSA) is 40.1 Å². The monoisotopic (exact) mass is 366 g/mol. The van der Waals surface area contributed by atoms with Crippen LogP contribution in [0.3, 0.4) is 0 Å². The highest BCUT2D eigenvalue weighted by atomic mass is 16.5. The molecule has 0 saturated carbocycles. The van der Waals surface area contributed by atoms with Gasteiger partial charge in [-0.05, 0) is 37.5 Å². The Hall–Kier alpha value is -2.01. The van der Waals surface area contributed by atoms with E-state index in [-0.39, 0.29) is 0 Å². The van der Waals surface area contributed by atoms with E-state index in [9.17, 15) is 0 Å². The lowest BCUT2D eigenvalue weighted by Gasteiger charge is -2.23. The fourth-order valence-electron chi connectivity index (χ4n) is 5.27. The third-order valence-electron chi connectivity index (χ3n) is 6.59. The van der Waals surface area contributed by atoms with Crippen LogP contribution in [-0.2, 0) is 11.3 Å². The second-order valence-corrected chi connectivity index (χ2v) is 8.24. The Bertz CT molecular complexity index is 720. The summed E-state index contributed by atoms with van der Waals surface area (Å²) >= 11 is 0. The first kappa shape index (κ1) is 17.1. The molecule has 1 N–H and O–H groups in total. The average molecular weight is 367 g/mol. The van der Waals surface area contributed by atoms with Gasteiger partial charge in [-0.15, -0.1) is 0 Å². The van der Waals surface area contributed by atoms with Gasteiger partial charge < -0.3 is 19.9 Å². The Balaban J connectivity index is 1.28. The quantitative estimate of drug-likeness (QED) is 0.505. The maximum absolute atomic E-state index is 6.12. The molecule has 4 aliphatic rings. The summed E-state index contributed by atoms with van der Waals surface area (Å²) in [5.74, 6) is 2.48. The number of guanidine groups is 1. The lowest BCUT2D eigenvalue weighted by atomic mass is 9.82. The summed E-state index contributed by atoms with van der Waals surface area (Å²) < 4.78 is 6.12. The van der Waals surface area contributed by atoms with E-state index < -0.39 is 0 Å². The van der Waals surface area contributed by atoms with Crippen molar-refractivity contribution >= 4 is 11.6 Å². The summed E-state index contributed by atoms with van der Waals surface area (Å²) in [5, 5.41) is 3.52. The molecule has 1 aromatic rings. The molecule has 1 aromatic carbocycles. The molecule has 3 saturated heterocycles. The fraction of sp³-hybridized carbons (Fsp3) is 0.591. The van der Waals surface area contributed by atoms with Gasteiger partial charge in [-0.2, -0.15) is 0 Å². The van der Waals surface area contributed by atoms with E-state index in [1.54, 1.807) is 0 Å². The molecule has 4 aliphatic heterocycles. The smallest absolute Gasteiger partial charge is 0.194 e. The number of rotatable bonds is 4. The van der Waals surface area contributed by atoms with Crippen LogP contribution in [0.2, 0.25) is 0 Å². The third kappa shape index (κ3) is 3.22. The highest BCUT2D eigenvalue weighted by Gasteiger charge is 2.53. The number of benzene rings is 1. The summed E-state index contributed by atoms with van der Waals surface area (Å²) in [6.45, 7) is 8.00. The van der Waals surface area contributed by atoms with Gasteiger partial charge in [0.25, 0.3) is 0 Å². The Morgan fingerprint density at radius 2 is 1.89 bits per heavy atom. The van der Waals surface area contributed by atoms with E-state index in [4.69, 9.17) is 9.73 Å². The Morgan fingerprint density at radius 3 is 2.59 bits per heavy atom. The van der Waals surface area contributed by atoms with Crippen LogP contribution >= 0.6 is 0 Å². The molecule has 5 rings (SSSR count). The first-order valence-electron chi connectivity index (χ1n) is 10.5. The molecule has 0 spiro atoms. The van der Waals surface area contributed by atoms with Crippen LogP contribution < -0.4 is 10.2 Å². The van der Waals surface area contributed by atoms with E-state index in [1.807, 2.05) is 0 Å². The number of likely N-dealkylation sites (tertiary alicyclic amines) is 1. The minimum absolute atomic E-state index is 0.499. The molecular weight excluding hydrogens is 336 g/mol. The highest BCUT2D eigenvalue weighted by molar-refractivity contribution is 5.80. The van der Waals surface area contributed by atoms with Gasteiger partial charge in [0.15, 0.2) is 5.96 Å². The van der Waals surface area contributed by atoms with Gasteiger partial charge in [0, 0.05) is 50.2 Å². The van der Waals surface area contributed by atoms with Gasteiger partial charge in [0.1, 0.15) is 0 Å². The van der Waals surface area contributed by atoms with E-state index in [0.29, 0.717) is 24.0 Å². The van der Waals surface area contributed by atoms with Crippen molar-refractivity contribution in [1.82, 2.24) is 10.2 Å². The van der Waals surface area contributed by atoms with Crippen molar-refractivity contribution in [3.8, 4) is 0 Å². The predicted molar refractivity (Wildman–Crippen MR) is 109 cm³/mol. The number of nitrogens with zero attached hydrogens (tertiary/aromatic N) is 3. The second kappa shape index (κ2) is 7.19. The lowest BCUT2D eigenvalue weighted by molar-refractivity contribution is 0.0767. The van der Waals surface area contributed by atoms with Gasteiger partial charge >= 0.3 is 0 Å². The van der Waals surface area contributed by atoms with E-state index in [0.717, 1.165) is 45.2 Å². The molecule has 0 radical (unpaired) electrons. The number of anilines is 1. The molecule has 4 atom stereocenters. The molecule has 144 valence electrons. The molecule has 4 unspecified atom stereocenters. The molecular formula is C22H30N4O. The summed E-state index contributed by atoms with van der Waals surface area (Å²) in [6, 6.07) is 8.82. The van der Waals surface area contributed by atoms with Crippen LogP contribution in [0.4, 0.5) is 5.69 Å². The zero-order chi connectivity index (χ0) is 18.2. The summed E-state index contributed by atoms with van der Waals surface area (Å²) in [5.41, 5.74) is 2.57. The van der Waals surface area contributed by atoms with Crippen LogP contribution in [0, 0.1) is 11.8 Å². The number of nitrogens with one attached hydrogen (secondary N) is 1. The fourth-order valence-corrected chi connectivity index (χ4v) is 5.27. The van der Waals surface area contributed by atoms with Gasteiger partial charge in [0.05, 0.1) is 18.8 Å². The standard InChI is InChI=1S/C22H30N4O/c1-2-23-22(26-14-18-19(15-26)21-9-8-20(18)27-21)24-13-16-6-5-7-17(12-16)25-10-3-4-11-25/h3-7,12,18-21H,2,8-11,13-15H2,1H3,(H,23,24). The first-order chi connectivity index (χ1) is 13.3. The lowest BCUT2D eigenvalue weighted by Crippen LogP contribution is -2.41. The molecule has 27 heavy (non-hydrogen) atoms. The third-order valence-corrected chi connectivity index (χ3v) is 6.59. The van der Waals surface area contributed by atoms with Crippen LogP contribution in [0.1, 0.15) is 25.3 Å². The minimum Gasteiger partial charge on any atom is -0.374 e. The molecule has 4 heterocycles. The maximum atomic E-state index is 6.12.